The molecule has 0 saturated carbocycles. The molecule has 3 rings (SSSR count). The first-order chi connectivity index (χ1) is 15.2. The Hall–Kier alpha value is -3.36. The normalized spacial score (nSPS) is 17.0. The third-order valence-electron chi connectivity index (χ3n) is 5.45. The molecule has 1 aliphatic heterocycles. The second-order valence-corrected chi connectivity index (χ2v) is 7.71. The molecule has 32 heavy (non-hydrogen) atoms. The van der Waals surface area contributed by atoms with Crippen LogP contribution in [0.3, 0.4) is 0 Å². The molecule has 1 fully saturated rings. The molecule has 2 N–H and O–H groups in total. The van der Waals surface area contributed by atoms with E-state index in [4.69, 9.17) is 9.47 Å². The van der Waals surface area contributed by atoms with E-state index in [0.29, 0.717) is 25.1 Å². The number of amides is 3. The van der Waals surface area contributed by atoms with Crippen molar-refractivity contribution in [3.05, 3.63) is 53.1 Å². The third-order valence-corrected chi connectivity index (χ3v) is 5.45. The molecule has 172 valence electrons. The van der Waals surface area contributed by atoms with E-state index in [9.17, 15) is 18.4 Å². The quantitative estimate of drug-likeness (QED) is 0.705. The summed E-state index contributed by atoms with van der Waals surface area (Å²) in [5.74, 6) is -0.879. The van der Waals surface area contributed by atoms with E-state index in [1.54, 1.807) is 19.1 Å². The van der Waals surface area contributed by atoms with Gasteiger partial charge in [-0.15, -0.1) is 0 Å². The number of urea groups is 1. The van der Waals surface area contributed by atoms with Crippen LogP contribution in [0.15, 0.2) is 30.3 Å². The molecule has 0 aliphatic carbocycles. The Morgan fingerprint density at radius 3 is 2.50 bits per heavy atom. The number of methoxy groups -OCH3 is 2. The number of nitrogens with one attached hydrogen (secondary N) is 2. The van der Waals surface area contributed by atoms with E-state index in [2.05, 4.69) is 10.6 Å². The van der Waals surface area contributed by atoms with Crippen LogP contribution in [-0.2, 0) is 4.79 Å². The number of aryl methyl sites for hydroxylation is 1. The number of benzene rings is 2. The van der Waals surface area contributed by atoms with Crippen LogP contribution in [-0.4, -0.2) is 38.7 Å². The van der Waals surface area contributed by atoms with Gasteiger partial charge in [0.05, 0.1) is 25.9 Å². The molecule has 2 unspecified atom stereocenters. The lowest BCUT2D eigenvalue weighted by atomic mass is 10.0. The Morgan fingerprint density at radius 1 is 1.12 bits per heavy atom. The molecule has 3 amide bonds. The number of carbonyl (C=O) groups excluding carboxylic acids is 2. The minimum Gasteiger partial charge on any atom is -0.493 e. The van der Waals surface area contributed by atoms with Gasteiger partial charge in [0, 0.05) is 18.2 Å². The number of carbonyl (C=O) groups is 2. The van der Waals surface area contributed by atoms with Gasteiger partial charge in [0.1, 0.15) is 17.7 Å². The minimum atomic E-state index is -0.814. The number of anilines is 1. The van der Waals surface area contributed by atoms with Crippen LogP contribution >= 0.6 is 0 Å². The molecule has 1 saturated heterocycles. The summed E-state index contributed by atoms with van der Waals surface area (Å²) in [7, 11) is 2.83. The standard InChI is InChI=1S/C23H27F2N3O4/c1-13-7-8-16(24)19(10-13)28-9-5-6-18(22(28)29)27-23(30)26-14(2)15-11-20(31-3)21(32-4)12-17(15)25/h7-8,10-12,14,18H,5-6,9H2,1-4H3,(H2,26,27,30). The zero-order valence-electron chi connectivity index (χ0n) is 18.5. The molecular formula is C23H27F2N3O4. The lowest BCUT2D eigenvalue weighted by Crippen LogP contribution is -2.54. The van der Waals surface area contributed by atoms with Crippen molar-refractivity contribution in [3.8, 4) is 11.5 Å². The monoisotopic (exact) mass is 447 g/mol. The lowest BCUT2D eigenvalue weighted by molar-refractivity contribution is -0.121. The molecule has 9 heteroatoms. The summed E-state index contributed by atoms with van der Waals surface area (Å²) in [6.45, 7) is 3.79. The Morgan fingerprint density at radius 2 is 1.81 bits per heavy atom. The Bertz CT molecular complexity index is 1010. The Balaban J connectivity index is 1.69. The van der Waals surface area contributed by atoms with E-state index >= 15 is 0 Å². The van der Waals surface area contributed by atoms with Crippen molar-refractivity contribution >= 4 is 17.6 Å². The van der Waals surface area contributed by atoms with Crippen molar-refractivity contribution in [3.63, 3.8) is 0 Å². The molecular weight excluding hydrogens is 420 g/mol. The Kier molecular flexibility index (Phi) is 7.17. The number of hydrogen-bond donors (Lipinski definition) is 2. The van der Waals surface area contributed by atoms with Gasteiger partial charge in [0.15, 0.2) is 11.5 Å². The van der Waals surface area contributed by atoms with Crippen molar-refractivity contribution in [1.82, 2.24) is 10.6 Å². The third kappa shape index (κ3) is 4.92. The molecule has 1 aliphatic rings. The number of hydrogen-bond acceptors (Lipinski definition) is 4. The van der Waals surface area contributed by atoms with E-state index in [0.717, 1.165) is 5.56 Å². The van der Waals surface area contributed by atoms with Crippen LogP contribution in [0.5, 0.6) is 11.5 Å². The maximum absolute atomic E-state index is 14.5. The van der Waals surface area contributed by atoms with Gasteiger partial charge in [-0.3, -0.25) is 4.79 Å². The van der Waals surface area contributed by atoms with E-state index in [-0.39, 0.29) is 22.9 Å². The van der Waals surface area contributed by atoms with Crippen molar-refractivity contribution < 1.29 is 27.8 Å². The summed E-state index contributed by atoms with van der Waals surface area (Å²) in [5.41, 5.74) is 1.23. The van der Waals surface area contributed by atoms with Crippen molar-refractivity contribution in [2.45, 2.75) is 38.8 Å². The Labute approximate surface area is 185 Å². The van der Waals surface area contributed by atoms with Gasteiger partial charge in [-0.2, -0.15) is 0 Å². The first kappa shape index (κ1) is 23.3. The number of ether oxygens (including phenoxy) is 2. The SMILES string of the molecule is COc1cc(F)c(C(C)NC(=O)NC2CCCN(c3cc(C)ccc3F)C2=O)cc1OC. The van der Waals surface area contributed by atoms with Gasteiger partial charge in [-0.1, -0.05) is 6.07 Å². The highest BCUT2D eigenvalue weighted by molar-refractivity contribution is 6.00. The maximum atomic E-state index is 14.5. The maximum Gasteiger partial charge on any atom is 0.315 e. The predicted octanol–water partition coefficient (Wildman–Crippen LogP) is 3.85. The largest absolute Gasteiger partial charge is 0.493 e. The summed E-state index contributed by atoms with van der Waals surface area (Å²) < 4.78 is 39.0. The topological polar surface area (TPSA) is 79.9 Å². The van der Waals surface area contributed by atoms with Crippen LogP contribution in [0.2, 0.25) is 0 Å². The van der Waals surface area contributed by atoms with E-state index in [1.807, 2.05) is 6.92 Å². The second kappa shape index (κ2) is 9.84. The molecule has 0 bridgehead atoms. The second-order valence-electron chi connectivity index (χ2n) is 7.71. The average molecular weight is 447 g/mol. The molecule has 0 aromatic heterocycles. The first-order valence-electron chi connectivity index (χ1n) is 10.3. The fourth-order valence-corrected chi connectivity index (χ4v) is 3.75. The highest BCUT2D eigenvalue weighted by Crippen LogP contribution is 2.32. The predicted molar refractivity (Wildman–Crippen MR) is 116 cm³/mol. The van der Waals surface area contributed by atoms with Gasteiger partial charge in [0.2, 0.25) is 5.91 Å². The summed E-state index contributed by atoms with van der Waals surface area (Å²) >= 11 is 0. The lowest BCUT2D eigenvalue weighted by Gasteiger charge is -2.33. The smallest absolute Gasteiger partial charge is 0.315 e. The molecule has 0 spiro atoms. The molecule has 1 heterocycles. The summed E-state index contributed by atoms with van der Waals surface area (Å²) in [6, 6.07) is 5.04. The average Bonchev–Trinajstić information content (AvgIpc) is 2.76. The van der Waals surface area contributed by atoms with Crippen LogP contribution in [0.25, 0.3) is 0 Å². The van der Waals surface area contributed by atoms with E-state index in [1.165, 1.54) is 37.3 Å². The summed E-state index contributed by atoms with van der Waals surface area (Å²) in [6.07, 6.45) is 1.03. The van der Waals surface area contributed by atoms with Crippen molar-refractivity contribution in [2.75, 3.05) is 25.7 Å². The zero-order valence-corrected chi connectivity index (χ0v) is 18.5. The van der Waals surface area contributed by atoms with Crippen molar-refractivity contribution in [2.24, 2.45) is 0 Å². The van der Waals surface area contributed by atoms with Gasteiger partial charge in [-0.25, -0.2) is 13.6 Å². The fourth-order valence-electron chi connectivity index (χ4n) is 3.75. The van der Waals surface area contributed by atoms with Crippen LogP contribution in [0.1, 0.15) is 36.9 Å². The summed E-state index contributed by atoms with van der Waals surface area (Å²) in [5, 5.41) is 5.27. The molecule has 0 radical (unpaired) electrons. The summed E-state index contributed by atoms with van der Waals surface area (Å²) in [4.78, 5) is 26.8. The molecule has 2 atom stereocenters. The zero-order chi connectivity index (χ0) is 23.4. The van der Waals surface area contributed by atoms with Gasteiger partial charge >= 0.3 is 6.03 Å². The van der Waals surface area contributed by atoms with Crippen LogP contribution in [0, 0.1) is 18.6 Å². The van der Waals surface area contributed by atoms with E-state index < -0.39 is 29.7 Å². The number of nitrogens with zero attached hydrogens (tertiary/aromatic N) is 1. The number of piperidine rings is 1. The van der Waals surface area contributed by atoms with Crippen LogP contribution in [0.4, 0.5) is 19.3 Å². The van der Waals surface area contributed by atoms with Crippen molar-refractivity contribution in [1.29, 1.82) is 0 Å². The number of halogens is 2. The minimum absolute atomic E-state index is 0.197. The molecule has 7 nitrogen and oxygen atoms in total. The van der Waals surface area contributed by atoms with Crippen LogP contribution < -0.4 is 25.0 Å². The fraction of sp³-hybridized carbons (Fsp3) is 0.391. The highest BCUT2D eigenvalue weighted by Gasteiger charge is 2.32. The number of rotatable bonds is 6. The van der Waals surface area contributed by atoms with Gasteiger partial charge in [-0.05, 0) is 50.5 Å². The van der Waals surface area contributed by atoms with Gasteiger partial charge in [0.25, 0.3) is 0 Å². The van der Waals surface area contributed by atoms with Gasteiger partial charge < -0.3 is 25.0 Å². The molecule has 2 aromatic rings. The first-order valence-corrected chi connectivity index (χ1v) is 10.3. The molecule has 2 aromatic carbocycles. The highest BCUT2D eigenvalue weighted by atomic mass is 19.1.